The maximum absolute atomic E-state index is 13.0. The Morgan fingerprint density at radius 2 is 1.80 bits per heavy atom. The van der Waals surface area contributed by atoms with Crippen molar-refractivity contribution in [2.45, 2.75) is 76.9 Å². The largest absolute Gasteiger partial charge is 0.369 e. The van der Waals surface area contributed by atoms with E-state index in [2.05, 4.69) is 54.5 Å². The van der Waals surface area contributed by atoms with Crippen LogP contribution in [0, 0.1) is 0 Å². The molecule has 0 saturated carbocycles. The molecule has 168 valence electrons. The van der Waals surface area contributed by atoms with Crippen LogP contribution in [0.5, 0.6) is 0 Å². The van der Waals surface area contributed by atoms with Crippen LogP contribution in [0.3, 0.4) is 0 Å². The third-order valence-corrected chi connectivity index (χ3v) is 7.45. The number of nitrogens with zero attached hydrogens (tertiary/aromatic N) is 3. The molecule has 2 aliphatic rings. The summed E-state index contributed by atoms with van der Waals surface area (Å²) < 4.78 is 0. The minimum atomic E-state index is -0.615. The van der Waals surface area contributed by atoms with Gasteiger partial charge in [-0.1, -0.05) is 30.3 Å². The summed E-state index contributed by atoms with van der Waals surface area (Å²) in [5.41, 5.74) is 6.62. The molecule has 0 aromatic heterocycles. The van der Waals surface area contributed by atoms with Crippen LogP contribution < -0.4 is 5.73 Å². The highest BCUT2D eigenvalue weighted by atomic mass is 16.1. The van der Waals surface area contributed by atoms with Crippen LogP contribution in [0.4, 0.5) is 0 Å². The van der Waals surface area contributed by atoms with Crippen LogP contribution in [-0.2, 0) is 10.2 Å². The first-order valence-electron chi connectivity index (χ1n) is 11.9. The molecule has 0 aliphatic carbocycles. The number of piperazine rings is 1. The zero-order valence-corrected chi connectivity index (χ0v) is 19.5. The standard InChI is InChI=1S/C25H42N4O/c1-20(2)29(21(3)4)16-13-25(24(26)30,22-9-6-5-7-10-22)12-15-27-17-18-28-14-8-11-23(28)19-27/h5-7,9-10,20-21,23H,8,11-19H2,1-4H3,(H2,26,30). The topological polar surface area (TPSA) is 52.8 Å². The van der Waals surface area contributed by atoms with E-state index >= 15 is 0 Å². The molecule has 2 unspecified atom stereocenters. The van der Waals surface area contributed by atoms with Crippen LogP contribution >= 0.6 is 0 Å². The van der Waals surface area contributed by atoms with Crippen LogP contribution in [0.15, 0.2) is 30.3 Å². The molecule has 2 aliphatic heterocycles. The Bertz CT molecular complexity index is 669. The predicted molar refractivity (Wildman–Crippen MR) is 125 cm³/mol. The highest BCUT2D eigenvalue weighted by molar-refractivity contribution is 5.86. The summed E-state index contributed by atoms with van der Waals surface area (Å²) in [5, 5.41) is 0. The van der Waals surface area contributed by atoms with Crippen molar-refractivity contribution in [2.75, 3.05) is 39.3 Å². The molecule has 2 heterocycles. The second-order valence-electron chi connectivity index (χ2n) is 9.87. The van der Waals surface area contributed by atoms with Gasteiger partial charge >= 0.3 is 0 Å². The Morgan fingerprint density at radius 1 is 1.10 bits per heavy atom. The highest BCUT2D eigenvalue weighted by Gasteiger charge is 2.40. The third-order valence-electron chi connectivity index (χ3n) is 7.45. The van der Waals surface area contributed by atoms with Gasteiger partial charge in [-0.2, -0.15) is 0 Å². The lowest BCUT2D eigenvalue weighted by atomic mass is 9.73. The van der Waals surface area contributed by atoms with Crippen molar-refractivity contribution in [3.8, 4) is 0 Å². The van der Waals surface area contributed by atoms with E-state index in [9.17, 15) is 4.79 Å². The minimum Gasteiger partial charge on any atom is -0.369 e. The molecule has 5 nitrogen and oxygen atoms in total. The highest BCUT2D eigenvalue weighted by Crippen LogP contribution is 2.34. The Morgan fingerprint density at radius 3 is 2.43 bits per heavy atom. The Hall–Kier alpha value is -1.43. The molecule has 1 aromatic rings. The van der Waals surface area contributed by atoms with E-state index in [4.69, 9.17) is 5.73 Å². The number of hydrogen-bond acceptors (Lipinski definition) is 4. The van der Waals surface area contributed by atoms with Crippen molar-refractivity contribution in [1.82, 2.24) is 14.7 Å². The maximum atomic E-state index is 13.0. The number of rotatable bonds is 10. The van der Waals surface area contributed by atoms with Gasteiger partial charge in [0.2, 0.25) is 5.91 Å². The SMILES string of the molecule is CC(C)N(CCC(CCN1CCN2CCCC2C1)(C(N)=O)c1ccccc1)C(C)C. The number of carbonyl (C=O) groups excluding carboxylic acids is 1. The predicted octanol–water partition coefficient (Wildman–Crippen LogP) is 3.09. The van der Waals surface area contributed by atoms with Gasteiger partial charge < -0.3 is 10.6 Å². The molecule has 0 spiro atoms. The van der Waals surface area contributed by atoms with Crippen molar-refractivity contribution in [1.29, 1.82) is 0 Å². The molecule has 1 aromatic carbocycles. The summed E-state index contributed by atoms with van der Waals surface area (Å²) in [6.07, 6.45) is 4.21. The zero-order chi connectivity index (χ0) is 21.7. The summed E-state index contributed by atoms with van der Waals surface area (Å²) in [4.78, 5) is 20.7. The number of hydrogen-bond donors (Lipinski definition) is 1. The smallest absolute Gasteiger partial charge is 0.228 e. The van der Waals surface area contributed by atoms with Crippen LogP contribution in [0.25, 0.3) is 0 Å². The molecule has 2 atom stereocenters. The lowest BCUT2D eigenvalue weighted by Crippen LogP contribution is -2.52. The van der Waals surface area contributed by atoms with Gasteiger partial charge in [-0.05, 0) is 72.0 Å². The van der Waals surface area contributed by atoms with E-state index in [0.717, 1.165) is 51.1 Å². The molecule has 0 radical (unpaired) electrons. The molecule has 2 saturated heterocycles. The van der Waals surface area contributed by atoms with E-state index in [0.29, 0.717) is 18.1 Å². The molecular weight excluding hydrogens is 372 g/mol. The van der Waals surface area contributed by atoms with Crippen LogP contribution in [-0.4, -0.2) is 78.0 Å². The van der Waals surface area contributed by atoms with E-state index in [1.165, 1.54) is 19.4 Å². The summed E-state index contributed by atoms with van der Waals surface area (Å²) in [6, 6.07) is 11.9. The molecule has 3 rings (SSSR count). The van der Waals surface area contributed by atoms with E-state index in [-0.39, 0.29) is 5.91 Å². The van der Waals surface area contributed by atoms with Gasteiger partial charge in [0, 0.05) is 44.3 Å². The van der Waals surface area contributed by atoms with Gasteiger partial charge in [0.15, 0.2) is 0 Å². The number of carbonyl (C=O) groups is 1. The van der Waals surface area contributed by atoms with Crippen molar-refractivity contribution < 1.29 is 4.79 Å². The zero-order valence-electron chi connectivity index (χ0n) is 19.5. The molecule has 0 bridgehead atoms. The van der Waals surface area contributed by atoms with Crippen molar-refractivity contribution in [2.24, 2.45) is 5.73 Å². The summed E-state index contributed by atoms with van der Waals surface area (Å²) in [6.45, 7) is 15.4. The van der Waals surface area contributed by atoms with Crippen molar-refractivity contribution in [3.63, 3.8) is 0 Å². The molecule has 30 heavy (non-hydrogen) atoms. The minimum absolute atomic E-state index is 0.180. The lowest BCUT2D eigenvalue weighted by molar-refractivity contribution is -0.124. The van der Waals surface area contributed by atoms with Gasteiger partial charge in [-0.25, -0.2) is 0 Å². The fraction of sp³-hybridized carbons (Fsp3) is 0.720. The maximum Gasteiger partial charge on any atom is 0.228 e. The van der Waals surface area contributed by atoms with E-state index in [1.807, 2.05) is 18.2 Å². The van der Waals surface area contributed by atoms with Crippen LogP contribution in [0.1, 0.15) is 58.9 Å². The Balaban J connectivity index is 1.77. The number of nitrogens with two attached hydrogens (primary N) is 1. The average Bonchev–Trinajstić information content (AvgIpc) is 3.18. The molecule has 1 amide bonds. The van der Waals surface area contributed by atoms with Crippen molar-refractivity contribution >= 4 is 5.91 Å². The fourth-order valence-corrected chi connectivity index (χ4v) is 5.60. The number of amides is 1. The molecule has 2 fully saturated rings. The monoisotopic (exact) mass is 414 g/mol. The van der Waals surface area contributed by atoms with Gasteiger partial charge in [0.1, 0.15) is 0 Å². The van der Waals surface area contributed by atoms with Gasteiger partial charge in [0.05, 0.1) is 5.41 Å². The van der Waals surface area contributed by atoms with Crippen molar-refractivity contribution in [3.05, 3.63) is 35.9 Å². The normalized spacial score (nSPS) is 22.6. The number of primary amides is 1. The van der Waals surface area contributed by atoms with E-state index < -0.39 is 5.41 Å². The Labute approximate surface area is 183 Å². The molecule has 2 N–H and O–H groups in total. The summed E-state index contributed by atoms with van der Waals surface area (Å²) in [7, 11) is 0. The Kier molecular flexibility index (Phi) is 7.94. The summed E-state index contributed by atoms with van der Waals surface area (Å²) in [5.74, 6) is -0.180. The lowest BCUT2D eigenvalue weighted by Gasteiger charge is -2.41. The quantitative estimate of drug-likeness (QED) is 0.639. The number of benzene rings is 1. The first-order valence-corrected chi connectivity index (χ1v) is 11.9. The van der Waals surface area contributed by atoms with Crippen LogP contribution in [0.2, 0.25) is 0 Å². The average molecular weight is 415 g/mol. The van der Waals surface area contributed by atoms with Gasteiger partial charge in [0.25, 0.3) is 0 Å². The van der Waals surface area contributed by atoms with E-state index in [1.54, 1.807) is 0 Å². The second-order valence-corrected chi connectivity index (χ2v) is 9.87. The van der Waals surface area contributed by atoms with Gasteiger partial charge in [-0.3, -0.25) is 14.6 Å². The second kappa shape index (κ2) is 10.3. The molecular formula is C25H42N4O. The fourth-order valence-electron chi connectivity index (χ4n) is 5.60. The third kappa shape index (κ3) is 5.24. The first-order chi connectivity index (χ1) is 14.3. The molecule has 5 heteroatoms. The first kappa shape index (κ1) is 23.2. The van der Waals surface area contributed by atoms with Gasteiger partial charge in [-0.15, -0.1) is 0 Å². The summed E-state index contributed by atoms with van der Waals surface area (Å²) >= 11 is 0. The number of fused-ring (bicyclic) bond motifs is 1.